The predicted molar refractivity (Wildman–Crippen MR) is 127 cm³/mol. The van der Waals surface area contributed by atoms with Crippen LogP contribution in [-0.2, 0) is 9.59 Å². The molecule has 0 atom stereocenters. The SMILES string of the molecule is CC(=O)Nc1ccc(NC(=O)CSc2nc3ccccc3c(=O)n2-c2ccc(F)cc2)cc1. The number of fused-ring (bicyclic) bond motifs is 1. The van der Waals surface area contributed by atoms with Crippen LogP contribution < -0.4 is 16.2 Å². The summed E-state index contributed by atoms with van der Waals surface area (Å²) in [5.74, 6) is -0.892. The highest BCUT2D eigenvalue weighted by molar-refractivity contribution is 7.99. The van der Waals surface area contributed by atoms with Crippen LogP contribution in [0.3, 0.4) is 0 Å². The first kappa shape index (κ1) is 22.2. The maximum Gasteiger partial charge on any atom is 0.266 e. The third kappa shape index (κ3) is 5.27. The molecule has 33 heavy (non-hydrogen) atoms. The van der Waals surface area contributed by atoms with Crippen LogP contribution in [0, 0.1) is 5.82 Å². The van der Waals surface area contributed by atoms with Gasteiger partial charge in [-0.25, -0.2) is 9.37 Å². The van der Waals surface area contributed by atoms with Gasteiger partial charge < -0.3 is 10.6 Å². The fraction of sp³-hybridized carbons (Fsp3) is 0.0833. The van der Waals surface area contributed by atoms with Gasteiger partial charge in [0.05, 0.1) is 22.3 Å². The standard InChI is InChI=1S/C24H19FN4O3S/c1-15(30)26-17-8-10-18(11-9-17)27-22(31)14-33-24-28-21-5-3-2-4-20(21)23(32)29(24)19-12-6-16(25)7-13-19/h2-13H,14H2,1H3,(H,26,30)(H,27,31). The second-order valence-corrected chi connectivity index (χ2v) is 8.07. The summed E-state index contributed by atoms with van der Waals surface area (Å²) in [6.07, 6.45) is 0. The van der Waals surface area contributed by atoms with Crippen LogP contribution in [0.25, 0.3) is 16.6 Å². The van der Waals surface area contributed by atoms with Crippen molar-refractivity contribution in [1.82, 2.24) is 9.55 Å². The van der Waals surface area contributed by atoms with Crippen LogP contribution in [-0.4, -0.2) is 27.1 Å². The first-order valence-corrected chi connectivity index (χ1v) is 11.0. The van der Waals surface area contributed by atoms with Crippen molar-refractivity contribution in [2.24, 2.45) is 0 Å². The molecule has 7 nitrogen and oxygen atoms in total. The number of carbonyl (C=O) groups is 2. The van der Waals surface area contributed by atoms with Crippen molar-refractivity contribution >= 4 is 45.9 Å². The lowest BCUT2D eigenvalue weighted by Gasteiger charge is -2.13. The van der Waals surface area contributed by atoms with E-state index in [1.165, 1.54) is 35.8 Å². The van der Waals surface area contributed by atoms with Crippen molar-refractivity contribution < 1.29 is 14.0 Å². The minimum absolute atomic E-state index is 0.000573. The van der Waals surface area contributed by atoms with E-state index in [0.29, 0.717) is 33.1 Å². The zero-order chi connectivity index (χ0) is 23.4. The van der Waals surface area contributed by atoms with Crippen molar-refractivity contribution in [2.45, 2.75) is 12.1 Å². The number of benzene rings is 3. The second kappa shape index (κ2) is 9.66. The largest absolute Gasteiger partial charge is 0.326 e. The molecule has 1 aromatic heterocycles. The van der Waals surface area contributed by atoms with E-state index < -0.39 is 5.82 Å². The number of para-hydroxylation sites is 1. The fourth-order valence-electron chi connectivity index (χ4n) is 3.19. The molecular weight excluding hydrogens is 443 g/mol. The van der Waals surface area contributed by atoms with E-state index >= 15 is 0 Å². The van der Waals surface area contributed by atoms with Gasteiger partial charge in [-0.05, 0) is 60.7 Å². The molecule has 1 heterocycles. The fourth-order valence-corrected chi connectivity index (χ4v) is 4.01. The molecule has 0 saturated heterocycles. The number of halogens is 1. The molecule has 0 spiro atoms. The number of hydrogen-bond acceptors (Lipinski definition) is 5. The number of aromatic nitrogens is 2. The summed E-state index contributed by atoms with van der Waals surface area (Å²) in [6, 6.07) is 19.2. The number of nitrogens with one attached hydrogen (secondary N) is 2. The van der Waals surface area contributed by atoms with Gasteiger partial charge >= 0.3 is 0 Å². The topological polar surface area (TPSA) is 93.1 Å². The van der Waals surface area contributed by atoms with Crippen molar-refractivity contribution in [3.8, 4) is 5.69 Å². The Balaban J connectivity index is 1.57. The predicted octanol–water partition coefficient (Wildman–Crippen LogP) is 4.21. The van der Waals surface area contributed by atoms with E-state index in [-0.39, 0.29) is 23.1 Å². The van der Waals surface area contributed by atoms with Crippen LogP contribution in [0.1, 0.15) is 6.92 Å². The summed E-state index contributed by atoms with van der Waals surface area (Å²) in [7, 11) is 0. The smallest absolute Gasteiger partial charge is 0.266 e. The van der Waals surface area contributed by atoms with E-state index in [9.17, 15) is 18.8 Å². The molecular formula is C24H19FN4O3S. The molecule has 0 fully saturated rings. The second-order valence-electron chi connectivity index (χ2n) is 7.12. The van der Waals surface area contributed by atoms with Gasteiger partial charge in [0.15, 0.2) is 5.16 Å². The van der Waals surface area contributed by atoms with E-state index in [1.54, 1.807) is 48.5 Å². The Hall–Kier alpha value is -3.98. The highest BCUT2D eigenvalue weighted by Gasteiger charge is 2.15. The van der Waals surface area contributed by atoms with Gasteiger partial charge in [-0.15, -0.1) is 0 Å². The highest BCUT2D eigenvalue weighted by Crippen LogP contribution is 2.22. The van der Waals surface area contributed by atoms with Gasteiger partial charge in [0.1, 0.15) is 5.82 Å². The molecule has 0 saturated carbocycles. The number of hydrogen-bond donors (Lipinski definition) is 2. The quantitative estimate of drug-likeness (QED) is 0.331. The monoisotopic (exact) mass is 462 g/mol. The summed E-state index contributed by atoms with van der Waals surface area (Å²) in [4.78, 5) is 41.4. The Morgan fingerprint density at radius 3 is 2.24 bits per heavy atom. The summed E-state index contributed by atoms with van der Waals surface area (Å²) in [5, 5.41) is 6.18. The number of nitrogens with zero attached hydrogens (tertiary/aromatic N) is 2. The molecule has 0 aliphatic rings. The van der Waals surface area contributed by atoms with Gasteiger partial charge in [0.2, 0.25) is 11.8 Å². The van der Waals surface area contributed by atoms with Crippen molar-refractivity contribution in [3.05, 3.63) is 89.0 Å². The average Bonchev–Trinajstić information content (AvgIpc) is 2.80. The zero-order valence-corrected chi connectivity index (χ0v) is 18.4. The van der Waals surface area contributed by atoms with Crippen molar-refractivity contribution in [2.75, 3.05) is 16.4 Å². The van der Waals surface area contributed by atoms with Crippen LogP contribution in [0.15, 0.2) is 82.7 Å². The molecule has 166 valence electrons. The van der Waals surface area contributed by atoms with Crippen LogP contribution in [0.4, 0.5) is 15.8 Å². The molecule has 9 heteroatoms. The van der Waals surface area contributed by atoms with E-state index in [0.717, 1.165) is 11.8 Å². The Bertz CT molecular complexity index is 1390. The Labute approximate surface area is 192 Å². The average molecular weight is 463 g/mol. The lowest BCUT2D eigenvalue weighted by Crippen LogP contribution is -2.23. The Kier molecular flexibility index (Phi) is 6.50. The lowest BCUT2D eigenvalue weighted by molar-refractivity contribution is -0.114. The normalized spacial score (nSPS) is 10.7. The number of carbonyl (C=O) groups excluding carboxylic acids is 2. The first-order valence-electron chi connectivity index (χ1n) is 9.99. The molecule has 2 N–H and O–H groups in total. The Morgan fingerprint density at radius 2 is 1.58 bits per heavy atom. The summed E-state index contributed by atoms with van der Waals surface area (Å²) < 4.78 is 14.8. The molecule has 4 rings (SSSR count). The third-order valence-electron chi connectivity index (χ3n) is 4.65. The number of amides is 2. The third-order valence-corrected chi connectivity index (χ3v) is 5.59. The maximum absolute atomic E-state index is 13.4. The maximum atomic E-state index is 13.4. The summed E-state index contributed by atoms with van der Waals surface area (Å²) >= 11 is 1.10. The zero-order valence-electron chi connectivity index (χ0n) is 17.5. The number of thioether (sulfide) groups is 1. The molecule has 0 radical (unpaired) electrons. The van der Waals surface area contributed by atoms with Gasteiger partial charge in [-0.2, -0.15) is 0 Å². The van der Waals surface area contributed by atoms with Crippen molar-refractivity contribution in [1.29, 1.82) is 0 Å². The molecule has 4 aromatic rings. The molecule has 2 amide bonds. The lowest BCUT2D eigenvalue weighted by atomic mass is 10.2. The molecule has 0 aliphatic carbocycles. The number of rotatable bonds is 6. The molecule has 0 aliphatic heterocycles. The molecule has 3 aromatic carbocycles. The van der Waals surface area contributed by atoms with Gasteiger partial charge in [0.25, 0.3) is 5.56 Å². The summed E-state index contributed by atoms with van der Waals surface area (Å²) in [6.45, 7) is 1.42. The van der Waals surface area contributed by atoms with E-state index in [4.69, 9.17) is 0 Å². The van der Waals surface area contributed by atoms with Crippen LogP contribution in [0.5, 0.6) is 0 Å². The highest BCUT2D eigenvalue weighted by atomic mass is 32.2. The summed E-state index contributed by atoms with van der Waals surface area (Å²) in [5.41, 5.74) is 1.85. The van der Waals surface area contributed by atoms with Crippen LogP contribution in [0.2, 0.25) is 0 Å². The van der Waals surface area contributed by atoms with Gasteiger partial charge in [0, 0.05) is 18.3 Å². The first-order chi connectivity index (χ1) is 15.9. The van der Waals surface area contributed by atoms with E-state index in [1.807, 2.05) is 0 Å². The molecule has 0 unspecified atom stereocenters. The number of anilines is 2. The van der Waals surface area contributed by atoms with Gasteiger partial charge in [-0.1, -0.05) is 23.9 Å². The minimum atomic E-state index is -0.418. The molecule has 0 bridgehead atoms. The van der Waals surface area contributed by atoms with Crippen molar-refractivity contribution in [3.63, 3.8) is 0 Å². The van der Waals surface area contributed by atoms with Crippen LogP contribution >= 0.6 is 11.8 Å². The van der Waals surface area contributed by atoms with E-state index in [2.05, 4.69) is 15.6 Å². The Morgan fingerprint density at radius 1 is 0.939 bits per heavy atom. The van der Waals surface area contributed by atoms with Gasteiger partial charge in [-0.3, -0.25) is 19.0 Å². The minimum Gasteiger partial charge on any atom is -0.326 e.